The highest BCUT2D eigenvalue weighted by molar-refractivity contribution is 5.85. The molecule has 3 aromatic rings. The largest absolute Gasteiger partial charge is 0.489 e. The van der Waals surface area contributed by atoms with E-state index in [2.05, 4.69) is 30.3 Å². The van der Waals surface area contributed by atoms with Crippen LogP contribution in [0.1, 0.15) is 72.8 Å². The fourth-order valence-electron chi connectivity index (χ4n) is 8.17. The number of carboxylic acids is 1. The fourth-order valence-corrected chi connectivity index (χ4v) is 8.17. The van der Waals surface area contributed by atoms with Crippen molar-refractivity contribution in [3.05, 3.63) is 119 Å². The van der Waals surface area contributed by atoms with Crippen LogP contribution in [-0.2, 0) is 29.4 Å². The van der Waals surface area contributed by atoms with E-state index in [9.17, 15) is 18.0 Å². The lowest BCUT2D eigenvalue weighted by Crippen LogP contribution is -2.48. The van der Waals surface area contributed by atoms with Gasteiger partial charge in [-0.05, 0) is 121 Å². The molecular formula is C37H37F3O3. The molecule has 4 saturated carbocycles. The fraction of sp³-hybridized carbons (Fsp3) is 0.378. The standard InChI is InChI=1S/C37H37F3O3/c38-37(39,40)32-11-5-10-31(20-32)30(13-15-35(41)42)9-4-8-25-12-14-33(34(19-25)43-24-26-6-2-1-3-7-26)36-21-27-16-28(22-36)18-29(17-27)23-36/h1-3,5-7,9-15,19-20,27-29H,4,8,16-18,21-24H2,(H,41,42)/b15-13?,30-9-. The van der Waals surface area contributed by atoms with Gasteiger partial charge in [0, 0.05) is 11.6 Å². The van der Waals surface area contributed by atoms with E-state index in [4.69, 9.17) is 9.84 Å². The third kappa shape index (κ3) is 6.74. The first-order chi connectivity index (χ1) is 20.7. The molecule has 224 valence electrons. The van der Waals surface area contributed by atoms with E-state index in [1.54, 1.807) is 6.07 Å². The van der Waals surface area contributed by atoms with E-state index in [1.807, 2.05) is 24.3 Å². The molecule has 4 bridgehead atoms. The van der Waals surface area contributed by atoms with Crippen LogP contribution in [-0.4, -0.2) is 11.1 Å². The minimum atomic E-state index is -4.48. The summed E-state index contributed by atoms with van der Waals surface area (Å²) in [6, 6.07) is 21.8. The lowest BCUT2D eigenvalue weighted by atomic mass is 9.48. The second-order valence-corrected chi connectivity index (χ2v) is 12.8. The van der Waals surface area contributed by atoms with Gasteiger partial charge in [-0.2, -0.15) is 13.2 Å². The number of aliphatic carboxylic acids is 1. The van der Waals surface area contributed by atoms with Crippen LogP contribution in [0.25, 0.3) is 5.57 Å². The van der Waals surface area contributed by atoms with Crippen molar-refractivity contribution < 1.29 is 27.8 Å². The van der Waals surface area contributed by atoms with Gasteiger partial charge < -0.3 is 9.84 Å². The van der Waals surface area contributed by atoms with Crippen LogP contribution >= 0.6 is 0 Å². The Bertz CT molecular complexity index is 1480. The molecule has 4 aliphatic carbocycles. The summed E-state index contributed by atoms with van der Waals surface area (Å²) in [7, 11) is 0. The number of allylic oxidation sites excluding steroid dienone is 3. The highest BCUT2D eigenvalue weighted by Crippen LogP contribution is 2.62. The van der Waals surface area contributed by atoms with E-state index >= 15 is 0 Å². The van der Waals surface area contributed by atoms with Gasteiger partial charge in [-0.3, -0.25) is 0 Å². The Kier molecular flexibility index (Phi) is 8.21. The number of rotatable bonds is 10. The normalized spacial score (nSPS) is 24.9. The number of aryl methyl sites for hydroxylation is 1. The summed E-state index contributed by atoms with van der Waals surface area (Å²) in [5.41, 5.74) is 3.71. The molecule has 1 N–H and O–H groups in total. The van der Waals surface area contributed by atoms with E-state index in [1.165, 1.54) is 56.2 Å². The third-order valence-electron chi connectivity index (χ3n) is 9.62. The Morgan fingerprint density at radius 1 is 0.860 bits per heavy atom. The quantitative estimate of drug-likeness (QED) is 0.190. The molecule has 4 aliphatic rings. The minimum absolute atomic E-state index is 0.178. The second kappa shape index (κ2) is 12.1. The number of ether oxygens (including phenoxy) is 1. The molecular weight excluding hydrogens is 549 g/mol. The van der Waals surface area contributed by atoms with Gasteiger partial charge in [-0.25, -0.2) is 4.79 Å². The van der Waals surface area contributed by atoms with Gasteiger partial charge in [-0.15, -0.1) is 0 Å². The molecule has 0 atom stereocenters. The SMILES string of the molecule is O=C(O)C=C/C(=C/CCc1ccc(C23CC4CC(CC(C4)C2)C3)c(OCc2ccccc2)c1)c1cccc(C(F)(F)F)c1. The third-order valence-corrected chi connectivity index (χ3v) is 9.62. The van der Waals surface area contributed by atoms with E-state index in [-0.39, 0.29) is 5.41 Å². The number of carbonyl (C=O) groups is 1. The predicted molar refractivity (Wildman–Crippen MR) is 162 cm³/mol. The van der Waals surface area contributed by atoms with Gasteiger partial charge in [0.15, 0.2) is 0 Å². The first-order valence-electron chi connectivity index (χ1n) is 15.3. The first-order valence-corrected chi connectivity index (χ1v) is 15.3. The molecule has 43 heavy (non-hydrogen) atoms. The molecule has 3 nitrogen and oxygen atoms in total. The molecule has 0 amide bonds. The lowest BCUT2D eigenvalue weighted by Gasteiger charge is -2.57. The summed E-state index contributed by atoms with van der Waals surface area (Å²) in [6.45, 7) is 0.489. The zero-order valence-electron chi connectivity index (χ0n) is 24.2. The van der Waals surface area contributed by atoms with Gasteiger partial charge in [-0.1, -0.05) is 60.7 Å². The maximum absolute atomic E-state index is 13.4. The molecule has 3 aromatic carbocycles. The van der Waals surface area contributed by atoms with Gasteiger partial charge in [0.2, 0.25) is 0 Å². The van der Waals surface area contributed by atoms with Crippen molar-refractivity contribution in [2.24, 2.45) is 17.8 Å². The molecule has 7 rings (SSSR count). The lowest BCUT2D eigenvalue weighted by molar-refractivity contribution is -0.137. The van der Waals surface area contributed by atoms with Crippen molar-refractivity contribution in [1.82, 2.24) is 0 Å². The summed E-state index contributed by atoms with van der Waals surface area (Å²) >= 11 is 0. The topological polar surface area (TPSA) is 46.5 Å². The average molecular weight is 587 g/mol. The van der Waals surface area contributed by atoms with Crippen molar-refractivity contribution in [1.29, 1.82) is 0 Å². The number of alkyl halides is 3. The number of carboxylic acid groups (broad SMARTS) is 1. The summed E-state index contributed by atoms with van der Waals surface area (Å²) < 4.78 is 46.6. The highest BCUT2D eigenvalue weighted by Gasteiger charge is 2.52. The van der Waals surface area contributed by atoms with Crippen LogP contribution < -0.4 is 4.74 Å². The van der Waals surface area contributed by atoms with E-state index < -0.39 is 17.7 Å². The van der Waals surface area contributed by atoms with Crippen molar-refractivity contribution in [2.75, 3.05) is 0 Å². The van der Waals surface area contributed by atoms with Crippen molar-refractivity contribution >= 4 is 11.5 Å². The highest BCUT2D eigenvalue weighted by atomic mass is 19.4. The number of halogens is 3. The van der Waals surface area contributed by atoms with Crippen LogP contribution in [0.2, 0.25) is 0 Å². The van der Waals surface area contributed by atoms with Crippen LogP contribution in [0, 0.1) is 17.8 Å². The zero-order chi connectivity index (χ0) is 30.0. The molecule has 0 saturated heterocycles. The maximum Gasteiger partial charge on any atom is 0.416 e. The molecule has 6 heteroatoms. The molecule has 0 heterocycles. The van der Waals surface area contributed by atoms with Gasteiger partial charge >= 0.3 is 12.1 Å². The first kappa shape index (κ1) is 29.3. The molecule has 0 spiro atoms. The molecule has 0 aromatic heterocycles. The van der Waals surface area contributed by atoms with Gasteiger partial charge in [0.05, 0.1) is 5.56 Å². The zero-order valence-corrected chi connectivity index (χ0v) is 24.2. The van der Waals surface area contributed by atoms with Gasteiger partial charge in [0.25, 0.3) is 0 Å². The van der Waals surface area contributed by atoms with Crippen LogP contribution in [0.5, 0.6) is 5.75 Å². The number of hydrogen-bond donors (Lipinski definition) is 1. The Morgan fingerprint density at radius 3 is 2.21 bits per heavy atom. The Morgan fingerprint density at radius 2 is 1.56 bits per heavy atom. The smallest absolute Gasteiger partial charge is 0.416 e. The van der Waals surface area contributed by atoms with Crippen molar-refractivity contribution in [2.45, 2.75) is 69.6 Å². The van der Waals surface area contributed by atoms with Crippen LogP contribution in [0.3, 0.4) is 0 Å². The van der Waals surface area contributed by atoms with Crippen LogP contribution in [0.4, 0.5) is 13.2 Å². The summed E-state index contributed by atoms with van der Waals surface area (Å²) in [5, 5.41) is 9.17. The van der Waals surface area contributed by atoms with Crippen molar-refractivity contribution in [3.63, 3.8) is 0 Å². The minimum Gasteiger partial charge on any atom is -0.489 e. The van der Waals surface area contributed by atoms with Gasteiger partial charge in [0.1, 0.15) is 12.4 Å². The second-order valence-electron chi connectivity index (χ2n) is 12.8. The summed E-state index contributed by atoms with van der Waals surface area (Å²) in [4.78, 5) is 11.2. The Balaban J connectivity index is 1.26. The molecule has 0 unspecified atom stereocenters. The summed E-state index contributed by atoms with van der Waals surface area (Å²) in [6.07, 6.45) is 8.65. The van der Waals surface area contributed by atoms with E-state index in [0.29, 0.717) is 30.6 Å². The van der Waals surface area contributed by atoms with E-state index in [0.717, 1.165) is 52.8 Å². The monoisotopic (exact) mass is 586 g/mol. The average Bonchev–Trinajstić information content (AvgIpc) is 2.97. The predicted octanol–water partition coefficient (Wildman–Crippen LogP) is 9.41. The van der Waals surface area contributed by atoms with Crippen LogP contribution in [0.15, 0.2) is 91.0 Å². The Labute approximate surface area is 251 Å². The van der Waals surface area contributed by atoms with Crippen molar-refractivity contribution in [3.8, 4) is 5.75 Å². The number of benzene rings is 3. The molecule has 4 fully saturated rings. The molecule has 0 aliphatic heterocycles. The summed E-state index contributed by atoms with van der Waals surface area (Å²) in [5.74, 6) is 2.22. The maximum atomic E-state index is 13.4. The molecule has 0 radical (unpaired) electrons. The Hall–Kier alpha value is -3.80. The number of hydrogen-bond acceptors (Lipinski definition) is 2.